The second-order valence-corrected chi connectivity index (χ2v) is 3.70. The van der Waals surface area contributed by atoms with Crippen LogP contribution in [0.3, 0.4) is 0 Å². The Bertz CT molecular complexity index is 300. The molecule has 16 heavy (non-hydrogen) atoms. The van der Waals surface area contributed by atoms with E-state index in [0.717, 1.165) is 26.1 Å². The van der Waals surface area contributed by atoms with Gasteiger partial charge in [0.2, 0.25) is 0 Å². The summed E-state index contributed by atoms with van der Waals surface area (Å²) in [6.07, 6.45) is 9.36. The number of allylic oxidation sites excluding steroid dienone is 3. The lowest BCUT2D eigenvalue weighted by Crippen LogP contribution is -1.94. The zero-order valence-corrected chi connectivity index (χ0v) is 9.77. The number of rotatable bonds is 8. The zero-order chi connectivity index (χ0) is 11.5. The highest BCUT2D eigenvalue weighted by atomic mass is 16.5. The molecule has 1 rings (SSSR count). The van der Waals surface area contributed by atoms with Crippen molar-refractivity contribution in [2.24, 2.45) is 0 Å². The van der Waals surface area contributed by atoms with Crippen LogP contribution in [0.25, 0.3) is 0 Å². The maximum atomic E-state index is 5.58. The van der Waals surface area contributed by atoms with Crippen molar-refractivity contribution < 1.29 is 4.74 Å². The van der Waals surface area contributed by atoms with Crippen LogP contribution in [0.1, 0.15) is 24.8 Å². The highest BCUT2D eigenvalue weighted by molar-refractivity contribution is 5.13. The SMILES string of the molecule is C=CC=CCCCCOCc1ccccc1. The van der Waals surface area contributed by atoms with Gasteiger partial charge in [0.25, 0.3) is 0 Å². The number of unbranched alkanes of at least 4 members (excludes halogenated alkanes) is 2. The summed E-state index contributed by atoms with van der Waals surface area (Å²) < 4.78 is 5.58. The van der Waals surface area contributed by atoms with E-state index in [1.165, 1.54) is 12.0 Å². The molecule has 0 aliphatic rings. The summed E-state index contributed by atoms with van der Waals surface area (Å²) in [6, 6.07) is 10.3. The molecule has 1 aromatic carbocycles. The average Bonchev–Trinajstić information content (AvgIpc) is 2.34. The van der Waals surface area contributed by atoms with Crippen molar-refractivity contribution in [2.75, 3.05) is 6.61 Å². The first-order valence-corrected chi connectivity index (χ1v) is 5.82. The van der Waals surface area contributed by atoms with Gasteiger partial charge < -0.3 is 4.74 Å². The van der Waals surface area contributed by atoms with Crippen LogP contribution in [0.2, 0.25) is 0 Å². The number of ether oxygens (including phenoxy) is 1. The number of hydrogen-bond donors (Lipinski definition) is 0. The normalized spacial score (nSPS) is 10.8. The molecule has 0 saturated carbocycles. The maximum Gasteiger partial charge on any atom is 0.0716 e. The molecule has 86 valence electrons. The molecule has 0 N–H and O–H groups in total. The lowest BCUT2D eigenvalue weighted by molar-refractivity contribution is 0.117. The molecular weight excluding hydrogens is 196 g/mol. The molecule has 0 amide bonds. The third-order valence-electron chi connectivity index (χ3n) is 2.29. The van der Waals surface area contributed by atoms with Gasteiger partial charge in [0, 0.05) is 6.61 Å². The minimum absolute atomic E-state index is 0.726. The van der Waals surface area contributed by atoms with Crippen LogP contribution in [0, 0.1) is 0 Å². The predicted octanol–water partition coefficient (Wildman–Crippen LogP) is 4.12. The molecule has 0 spiro atoms. The second-order valence-electron chi connectivity index (χ2n) is 3.70. The van der Waals surface area contributed by atoms with Crippen LogP contribution >= 0.6 is 0 Å². The van der Waals surface area contributed by atoms with E-state index >= 15 is 0 Å². The van der Waals surface area contributed by atoms with Gasteiger partial charge in [0.1, 0.15) is 0 Å². The highest BCUT2D eigenvalue weighted by Crippen LogP contribution is 2.02. The lowest BCUT2D eigenvalue weighted by Gasteiger charge is -2.03. The van der Waals surface area contributed by atoms with Crippen LogP contribution in [-0.4, -0.2) is 6.61 Å². The molecule has 0 fully saturated rings. The van der Waals surface area contributed by atoms with Crippen molar-refractivity contribution in [3.05, 3.63) is 60.7 Å². The first-order chi connectivity index (χ1) is 7.93. The van der Waals surface area contributed by atoms with Crippen molar-refractivity contribution in [3.8, 4) is 0 Å². The second kappa shape index (κ2) is 8.93. The summed E-state index contributed by atoms with van der Waals surface area (Å²) in [5.74, 6) is 0. The van der Waals surface area contributed by atoms with Crippen molar-refractivity contribution in [2.45, 2.75) is 25.9 Å². The van der Waals surface area contributed by atoms with E-state index in [0.29, 0.717) is 0 Å². The summed E-state index contributed by atoms with van der Waals surface area (Å²) >= 11 is 0. The summed E-state index contributed by atoms with van der Waals surface area (Å²) in [7, 11) is 0. The minimum atomic E-state index is 0.726. The molecule has 0 radical (unpaired) electrons. The Morgan fingerprint density at radius 2 is 1.94 bits per heavy atom. The summed E-state index contributed by atoms with van der Waals surface area (Å²) in [4.78, 5) is 0. The summed E-state index contributed by atoms with van der Waals surface area (Å²) in [6.45, 7) is 5.20. The van der Waals surface area contributed by atoms with Gasteiger partial charge in [-0.2, -0.15) is 0 Å². The third kappa shape index (κ3) is 6.20. The van der Waals surface area contributed by atoms with E-state index in [1.54, 1.807) is 0 Å². The average molecular weight is 216 g/mol. The van der Waals surface area contributed by atoms with Gasteiger partial charge in [0.05, 0.1) is 6.61 Å². The molecule has 1 aromatic rings. The van der Waals surface area contributed by atoms with Crippen LogP contribution in [0.15, 0.2) is 55.1 Å². The standard InChI is InChI=1S/C15H20O/c1-2-3-4-5-6-10-13-16-14-15-11-8-7-9-12-15/h2-4,7-9,11-12H,1,5-6,10,13-14H2. The van der Waals surface area contributed by atoms with Gasteiger partial charge in [-0.15, -0.1) is 0 Å². The fourth-order valence-corrected chi connectivity index (χ4v) is 1.42. The zero-order valence-electron chi connectivity index (χ0n) is 9.77. The van der Waals surface area contributed by atoms with Gasteiger partial charge in [-0.1, -0.05) is 55.1 Å². The number of hydrogen-bond acceptors (Lipinski definition) is 1. The van der Waals surface area contributed by atoms with Gasteiger partial charge >= 0.3 is 0 Å². The molecule has 0 unspecified atom stereocenters. The lowest BCUT2D eigenvalue weighted by atomic mass is 10.2. The molecule has 0 atom stereocenters. The Balaban J connectivity index is 1.96. The minimum Gasteiger partial charge on any atom is -0.377 e. The molecule has 0 aliphatic carbocycles. The first-order valence-electron chi connectivity index (χ1n) is 5.82. The molecule has 0 aromatic heterocycles. The fourth-order valence-electron chi connectivity index (χ4n) is 1.42. The monoisotopic (exact) mass is 216 g/mol. The molecule has 0 aliphatic heterocycles. The maximum absolute atomic E-state index is 5.58. The van der Waals surface area contributed by atoms with E-state index < -0.39 is 0 Å². The molecule has 0 bridgehead atoms. The summed E-state index contributed by atoms with van der Waals surface area (Å²) in [5.41, 5.74) is 1.24. The van der Waals surface area contributed by atoms with Gasteiger partial charge in [-0.3, -0.25) is 0 Å². The first kappa shape index (κ1) is 12.7. The van der Waals surface area contributed by atoms with E-state index in [4.69, 9.17) is 4.74 Å². The Hall–Kier alpha value is -1.34. The van der Waals surface area contributed by atoms with Crippen molar-refractivity contribution in [1.29, 1.82) is 0 Å². The molecular formula is C15H20O. The topological polar surface area (TPSA) is 9.23 Å². The van der Waals surface area contributed by atoms with Crippen molar-refractivity contribution >= 4 is 0 Å². The smallest absolute Gasteiger partial charge is 0.0716 e. The van der Waals surface area contributed by atoms with Crippen LogP contribution in [-0.2, 0) is 11.3 Å². The van der Waals surface area contributed by atoms with Gasteiger partial charge in [-0.25, -0.2) is 0 Å². The molecule has 0 saturated heterocycles. The predicted molar refractivity (Wildman–Crippen MR) is 69.3 cm³/mol. The van der Waals surface area contributed by atoms with E-state index in [2.05, 4.69) is 24.8 Å². The Morgan fingerprint density at radius 3 is 2.69 bits per heavy atom. The molecule has 1 heteroatoms. The van der Waals surface area contributed by atoms with Crippen LogP contribution < -0.4 is 0 Å². The third-order valence-corrected chi connectivity index (χ3v) is 2.29. The van der Waals surface area contributed by atoms with Crippen LogP contribution in [0.5, 0.6) is 0 Å². The van der Waals surface area contributed by atoms with Gasteiger partial charge in [-0.05, 0) is 24.8 Å². The van der Waals surface area contributed by atoms with Crippen molar-refractivity contribution in [3.63, 3.8) is 0 Å². The Morgan fingerprint density at radius 1 is 1.12 bits per heavy atom. The van der Waals surface area contributed by atoms with E-state index in [-0.39, 0.29) is 0 Å². The van der Waals surface area contributed by atoms with Crippen LogP contribution in [0.4, 0.5) is 0 Å². The Labute approximate surface area is 98.5 Å². The quantitative estimate of drug-likeness (QED) is 0.469. The highest BCUT2D eigenvalue weighted by Gasteiger charge is 1.91. The van der Waals surface area contributed by atoms with E-state index in [9.17, 15) is 0 Å². The molecule has 0 heterocycles. The van der Waals surface area contributed by atoms with Crippen molar-refractivity contribution in [1.82, 2.24) is 0 Å². The number of benzene rings is 1. The largest absolute Gasteiger partial charge is 0.377 e. The molecule has 1 nitrogen and oxygen atoms in total. The fraction of sp³-hybridized carbons (Fsp3) is 0.333. The van der Waals surface area contributed by atoms with Gasteiger partial charge in [0.15, 0.2) is 0 Å². The van der Waals surface area contributed by atoms with E-state index in [1.807, 2.05) is 30.4 Å². The summed E-state index contributed by atoms with van der Waals surface area (Å²) in [5, 5.41) is 0. The Kier molecular flexibility index (Phi) is 7.10.